The third-order valence-corrected chi connectivity index (χ3v) is 2.74. The molecule has 0 fully saturated rings. The summed E-state index contributed by atoms with van der Waals surface area (Å²) < 4.78 is 0. The molecule has 0 aliphatic rings. The molecule has 4 N–H and O–H groups in total. The number of nitrogens with zero attached hydrogens (tertiary/aromatic N) is 1. The van der Waals surface area contributed by atoms with E-state index in [9.17, 15) is 9.59 Å². The van der Waals surface area contributed by atoms with Crippen LogP contribution in [-0.4, -0.2) is 23.2 Å². The summed E-state index contributed by atoms with van der Waals surface area (Å²) >= 11 is 1.15. The van der Waals surface area contributed by atoms with E-state index < -0.39 is 5.91 Å². The van der Waals surface area contributed by atoms with Crippen LogP contribution in [-0.2, 0) is 0 Å². The molecule has 15 heavy (non-hydrogen) atoms. The molecule has 0 saturated carbocycles. The number of ketones is 1. The van der Waals surface area contributed by atoms with Crippen molar-refractivity contribution in [1.29, 1.82) is 0 Å². The number of Topliss-reactive ketones (excluding diaryl/α,β-unsaturated/α-hetero) is 1. The van der Waals surface area contributed by atoms with Gasteiger partial charge in [-0.25, -0.2) is 4.98 Å². The van der Waals surface area contributed by atoms with Crippen LogP contribution >= 0.6 is 11.3 Å². The number of carbonyl (C=O) groups is 2. The summed E-state index contributed by atoms with van der Waals surface area (Å²) in [5.74, 6) is -0.659. The van der Waals surface area contributed by atoms with Gasteiger partial charge in [-0.05, 0) is 19.4 Å². The topological polar surface area (TPSA) is 99.1 Å². The Labute approximate surface area is 91.5 Å². The first kappa shape index (κ1) is 11.8. The molecule has 0 atom stereocenters. The van der Waals surface area contributed by atoms with E-state index in [1.807, 2.05) is 0 Å². The van der Waals surface area contributed by atoms with E-state index in [2.05, 4.69) is 4.98 Å². The van der Waals surface area contributed by atoms with Gasteiger partial charge in [0, 0.05) is 11.8 Å². The number of carbonyl (C=O) groups excluding carboxylic acids is 2. The van der Waals surface area contributed by atoms with Crippen molar-refractivity contribution in [2.75, 3.05) is 6.54 Å². The number of thiazole rings is 1. The summed E-state index contributed by atoms with van der Waals surface area (Å²) in [5, 5.41) is 1.85. The second kappa shape index (κ2) is 5.57. The highest BCUT2D eigenvalue weighted by Crippen LogP contribution is 2.12. The Morgan fingerprint density at radius 2 is 2.13 bits per heavy atom. The van der Waals surface area contributed by atoms with Crippen LogP contribution in [0, 0.1) is 0 Å². The lowest BCUT2D eigenvalue weighted by atomic mass is 10.2. The molecule has 82 valence electrons. The van der Waals surface area contributed by atoms with Crippen LogP contribution in [0.25, 0.3) is 0 Å². The van der Waals surface area contributed by atoms with Crippen molar-refractivity contribution in [3.8, 4) is 0 Å². The zero-order chi connectivity index (χ0) is 11.3. The molecule has 0 spiro atoms. The summed E-state index contributed by atoms with van der Waals surface area (Å²) in [6.45, 7) is 0.581. The Kier molecular flexibility index (Phi) is 4.38. The first-order valence-electron chi connectivity index (χ1n) is 4.63. The Hall–Kier alpha value is -1.27. The minimum atomic E-state index is -0.604. The van der Waals surface area contributed by atoms with E-state index in [-0.39, 0.29) is 11.5 Å². The largest absolute Gasteiger partial charge is 0.364 e. The average Bonchev–Trinajstić information content (AvgIpc) is 2.66. The molecule has 5 nitrogen and oxygen atoms in total. The van der Waals surface area contributed by atoms with Gasteiger partial charge >= 0.3 is 0 Å². The van der Waals surface area contributed by atoms with Crippen LogP contribution in [0.4, 0.5) is 0 Å². The highest BCUT2D eigenvalue weighted by Gasteiger charge is 2.12. The SMILES string of the molecule is NCCCCC(=O)c1nc(C(N)=O)cs1. The van der Waals surface area contributed by atoms with Gasteiger partial charge in [0.2, 0.25) is 0 Å². The fourth-order valence-corrected chi connectivity index (χ4v) is 1.83. The van der Waals surface area contributed by atoms with Gasteiger partial charge in [-0.3, -0.25) is 9.59 Å². The van der Waals surface area contributed by atoms with E-state index >= 15 is 0 Å². The smallest absolute Gasteiger partial charge is 0.268 e. The molecule has 1 heterocycles. The second-order valence-corrected chi connectivity index (χ2v) is 3.93. The Balaban J connectivity index is 2.54. The minimum absolute atomic E-state index is 0.0547. The fourth-order valence-electron chi connectivity index (χ4n) is 1.05. The van der Waals surface area contributed by atoms with E-state index in [0.717, 1.165) is 24.2 Å². The molecule has 1 amide bonds. The highest BCUT2D eigenvalue weighted by molar-refractivity contribution is 7.11. The summed E-state index contributed by atoms with van der Waals surface area (Å²) in [4.78, 5) is 26.1. The van der Waals surface area contributed by atoms with Crippen molar-refractivity contribution < 1.29 is 9.59 Å². The quantitative estimate of drug-likeness (QED) is 0.547. The van der Waals surface area contributed by atoms with Crippen molar-refractivity contribution in [3.63, 3.8) is 0 Å². The highest BCUT2D eigenvalue weighted by atomic mass is 32.1. The van der Waals surface area contributed by atoms with Crippen molar-refractivity contribution in [2.24, 2.45) is 11.5 Å². The zero-order valence-electron chi connectivity index (χ0n) is 8.23. The predicted octanol–water partition coefficient (Wildman–Crippen LogP) is 0.554. The van der Waals surface area contributed by atoms with Gasteiger partial charge in [-0.15, -0.1) is 11.3 Å². The van der Waals surface area contributed by atoms with Crippen LogP contribution < -0.4 is 11.5 Å². The van der Waals surface area contributed by atoms with E-state index in [1.165, 1.54) is 5.38 Å². The number of nitrogens with two attached hydrogens (primary N) is 2. The van der Waals surface area contributed by atoms with Gasteiger partial charge in [0.05, 0.1) is 0 Å². The first-order valence-corrected chi connectivity index (χ1v) is 5.51. The molecule has 0 radical (unpaired) electrons. The number of primary amides is 1. The third kappa shape index (κ3) is 3.41. The molecule has 6 heteroatoms. The van der Waals surface area contributed by atoms with Crippen LogP contribution in [0.15, 0.2) is 5.38 Å². The maximum Gasteiger partial charge on any atom is 0.268 e. The summed E-state index contributed by atoms with van der Waals surface area (Å²) in [5.41, 5.74) is 10.5. The number of hydrogen-bond donors (Lipinski definition) is 2. The van der Waals surface area contributed by atoms with Gasteiger partial charge < -0.3 is 11.5 Å². The van der Waals surface area contributed by atoms with Gasteiger partial charge in [-0.2, -0.15) is 0 Å². The Morgan fingerprint density at radius 3 is 2.67 bits per heavy atom. The number of amides is 1. The van der Waals surface area contributed by atoms with Crippen molar-refractivity contribution in [1.82, 2.24) is 4.98 Å². The lowest BCUT2D eigenvalue weighted by Crippen LogP contribution is -2.12. The molecule has 0 saturated heterocycles. The van der Waals surface area contributed by atoms with Crippen molar-refractivity contribution >= 4 is 23.0 Å². The molecule has 0 bridgehead atoms. The molecular formula is C9H13N3O2S. The molecule has 1 aromatic heterocycles. The zero-order valence-corrected chi connectivity index (χ0v) is 9.05. The van der Waals surface area contributed by atoms with Gasteiger partial charge in [0.25, 0.3) is 5.91 Å². The molecule has 0 unspecified atom stereocenters. The monoisotopic (exact) mass is 227 g/mol. The van der Waals surface area contributed by atoms with Crippen LogP contribution in [0.2, 0.25) is 0 Å². The molecule has 0 aromatic carbocycles. The summed E-state index contributed by atoms with van der Waals surface area (Å²) in [7, 11) is 0. The Morgan fingerprint density at radius 1 is 1.40 bits per heavy atom. The van der Waals surface area contributed by atoms with E-state index in [0.29, 0.717) is 18.0 Å². The van der Waals surface area contributed by atoms with Crippen LogP contribution in [0.1, 0.15) is 39.6 Å². The first-order chi connectivity index (χ1) is 7.15. The van der Waals surface area contributed by atoms with Gasteiger partial charge in [-0.1, -0.05) is 0 Å². The second-order valence-electron chi connectivity index (χ2n) is 3.07. The maximum atomic E-state index is 11.5. The third-order valence-electron chi connectivity index (χ3n) is 1.85. The van der Waals surface area contributed by atoms with E-state index in [4.69, 9.17) is 11.5 Å². The number of unbranched alkanes of at least 4 members (excludes halogenated alkanes) is 1. The lowest BCUT2D eigenvalue weighted by molar-refractivity contribution is 0.0979. The predicted molar refractivity (Wildman–Crippen MR) is 57.9 cm³/mol. The van der Waals surface area contributed by atoms with Crippen LogP contribution in [0.5, 0.6) is 0 Å². The number of rotatable bonds is 6. The lowest BCUT2D eigenvalue weighted by Gasteiger charge is -1.95. The van der Waals surface area contributed by atoms with Crippen molar-refractivity contribution in [2.45, 2.75) is 19.3 Å². The number of aromatic nitrogens is 1. The maximum absolute atomic E-state index is 11.5. The normalized spacial score (nSPS) is 10.2. The summed E-state index contributed by atoms with van der Waals surface area (Å²) in [6.07, 6.45) is 1.99. The Bertz CT molecular complexity index is 362. The molecule has 0 aliphatic carbocycles. The number of hydrogen-bond acceptors (Lipinski definition) is 5. The molecule has 1 aromatic rings. The van der Waals surface area contributed by atoms with Crippen molar-refractivity contribution in [3.05, 3.63) is 16.1 Å². The standard InChI is InChI=1S/C9H13N3O2S/c10-4-2-1-3-7(13)9-12-6(5-15-9)8(11)14/h5H,1-4,10H2,(H2,11,14). The fraction of sp³-hybridized carbons (Fsp3) is 0.444. The van der Waals surface area contributed by atoms with Gasteiger partial charge in [0.15, 0.2) is 10.8 Å². The average molecular weight is 227 g/mol. The van der Waals surface area contributed by atoms with Crippen LogP contribution in [0.3, 0.4) is 0 Å². The van der Waals surface area contributed by atoms with E-state index in [1.54, 1.807) is 0 Å². The minimum Gasteiger partial charge on any atom is -0.364 e. The molecule has 0 aliphatic heterocycles. The van der Waals surface area contributed by atoms with Gasteiger partial charge in [0.1, 0.15) is 5.69 Å². The molecule has 1 rings (SSSR count). The summed E-state index contributed by atoms with van der Waals surface area (Å²) in [6, 6.07) is 0. The molecular weight excluding hydrogens is 214 g/mol.